The van der Waals surface area contributed by atoms with E-state index in [1.165, 1.54) is 16.7 Å². The second kappa shape index (κ2) is 4.79. The lowest BCUT2D eigenvalue weighted by Crippen LogP contribution is -1.91. The van der Waals surface area contributed by atoms with Crippen molar-refractivity contribution < 1.29 is 4.74 Å². The van der Waals surface area contributed by atoms with Gasteiger partial charge in [-0.05, 0) is 47.4 Å². The van der Waals surface area contributed by atoms with E-state index in [9.17, 15) is 0 Å². The van der Waals surface area contributed by atoms with Crippen molar-refractivity contribution in [3.05, 3.63) is 48.3 Å². The van der Waals surface area contributed by atoms with Crippen molar-refractivity contribution in [2.45, 2.75) is 13.3 Å². The van der Waals surface area contributed by atoms with Crippen molar-refractivity contribution in [3.63, 3.8) is 0 Å². The largest absolute Gasteiger partial charge is 0.496 e. The molecule has 0 fully saturated rings. The number of aryl methyl sites for hydroxylation is 1. The first-order valence-corrected chi connectivity index (χ1v) is 5.42. The van der Waals surface area contributed by atoms with Gasteiger partial charge in [0.05, 0.1) is 7.11 Å². The summed E-state index contributed by atoms with van der Waals surface area (Å²) in [5.74, 6) is 0.959. The summed E-state index contributed by atoms with van der Waals surface area (Å²) in [6.45, 7) is 2.13. The van der Waals surface area contributed by atoms with Crippen molar-refractivity contribution >= 4 is 0 Å². The minimum absolute atomic E-state index is 0.959. The first kappa shape index (κ1) is 10.7. The van der Waals surface area contributed by atoms with Crippen LogP contribution >= 0.6 is 0 Å². The fraction of sp³-hybridized carbons (Fsp3) is 0.214. The van der Waals surface area contributed by atoms with Crippen molar-refractivity contribution in [3.8, 4) is 16.9 Å². The molecule has 2 rings (SSSR count). The van der Waals surface area contributed by atoms with Crippen molar-refractivity contribution in [2.24, 2.45) is 0 Å². The standard InChI is InChI=1S/C14H15NO/c1-3-11-10-13(4-5-14(11)16-2)12-6-8-15-9-7-12/h4-10H,3H2,1-2H3. The molecular formula is C14H15NO. The second-order valence-corrected chi connectivity index (χ2v) is 3.62. The van der Waals surface area contributed by atoms with Crippen LogP contribution in [0, 0.1) is 0 Å². The molecular weight excluding hydrogens is 198 g/mol. The van der Waals surface area contributed by atoms with Crippen molar-refractivity contribution in [1.82, 2.24) is 4.98 Å². The number of methoxy groups -OCH3 is 1. The van der Waals surface area contributed by atoms with Crippen LogP contribution in [0.25, 0.3) is 11.1 Å². The fourth-order valence-electron chi connectivity index (χ4n) is 1.78. The maximum Gasteiger partial charge on any atom is 0.122 e. The first-order chi connectivity index (χ1) is 7.85. The third-order valence-corrected chi connectivity index (χ3v) is 2.67. The van der Waals surface area contributed by atoms with Crippen LogP contribution in [0.15, 0.2) is 42.7 Å². The van der Waals surface area contributed by atoms with Gasteiger partial charge in [0.15, 0.2) is 0 Å². The molecule has 0 spiro atoms. The number of nitrogens with zero attached hydrogens (tertiary/aromatic N) is 1. The second-order valence-electron chi connectivity index (χ2n) is 3.62. The lowest BCUT2D eigenvalue weighted by atomic mass is 10.0. The minimum atomic E-state index is 0.959. The summed E-state index contributed by atoms with van der Waals surface area (Å²) >= 11 is 0. The predicted octanol–water partition coefficient (Wildman–Crippen LogP) is 3.32. The van der Waals surface area contributed by atoms with Gasteiger partial charge in [0.2, 0.25) is 0 Å². The average molecular weight is 213 g/mol. The van der Waals surface area contributed by atoms with Crippen molar-refractivity contribution in [1.29, 1.82) is 0 Å². The minimum Gasteiger partial charge on any atom is -0.496 e. The maximum absolute atomic E-state index is 5.31. The van der Waals surface area contributed by atoms with Gasteiger partial charge < -0.3 is 4.74 Å². The first-order valence-electron chi connectivity index (χ1n) is 5.42. The number of rotatable bonds is 3. The molecule has 2 aromatic rings. The van der Waals surface area contributed by atoms with Crippen LogP contribution < -0.4 is 4.74 Å². The van der Waals surface area contributed by atoms with E-state index in [4.69, 9.17) is 4.74 Å². The molecule has 1 heterocycles. The third kappa shape index (κ3) is 2.06. The van der Waals surface area contributed by atoms with Gasteiger partial charge >= 0.3 is 0 Å². The number of pyridine rings is 1. The van der Waals surface area contributed by atoms with Crippen LogP contribution in [0.4, 0.5) is 0 Å². The molecule has 0 N–H and O–H groups in total. The average Bonchev–Trinajstić information content (AvgIpc) is 2.39. The Balaban J connectivity index is 2.44. The van der Waals surface area contributed by atoms with Crippen LogP contribution in [0.1, 0.15) is 12.5 Å². The van der Waals surface area contributed by atoms with Crippen molar-refractivity contribution in [2.75, 3.05) is 7.11 Å². The Hall–Kier alpha value is -1.83. The fourth-order valence-corrected chi connectivity index (χ4v) is 1.78. The molecule has 0 amide bonds. The highest BCUT2D eigenvalue weighted by molar-refractivity contribution is 5.65. The highest BCUT2D eigenvalue weighted by Crippen LogP contribution is 2.26. The van der Waals surface area contributed by atoms with Gasteiger partial charge in [-0.3, -0.25) is 4.98 Å². The molecule has 0 saturated heterocycles. The Morgan fingerprint density at radius 1 is 1.06 bits per heavy atom. The summed E-state index contributed by atoms with van der Waals surface area (Å²) in [7, 11) is 1.71. The van der Waals surface area contributed by atoms with Gasteiger partial charge in [0.1, 0.15) is 5.75 Å². The maximum atomic E-state index is 5.31. The molecule has 1 aromatic heterocycles. The van der Waals surface area contributed by atoms with Gasteiger partial charge in [-0.1, -0.05) is 13.0 Å². The van der Waals surface area contributed by atoms with E-state index >= 15 is 0 Å². The number of hydrogen-bond acceptors (Lipinski definition) is 2. The molecule has 0 atom stereocenters. The van der Waals surface area contributed by atoms with Gasteiger partial charge in [0.25, 0.3) is 0 Å². The van der Waals surface area contributed by atoms with E-state index < -0.39 is 0 Å². The van der Waals surface area contributed by atoms with E-state index in [1.54, 1.807) is 7.11 Å². The molecule has 0 bridgehead atoms. The SMILES string of the molecule is CCc1cc(-c2ccncc2)ccc1OC. The smallest absolute Gasteiger partial charge is 0.122 e. The van der Waals surface area contributed by atoms with E-state index in [2.05, 4.69) is 24.0 Å². The van der Waals surface area contributed by atoms with Crippen LogP contribution in [0.2, 0.25) is 0 Å². The lowest BCUT2D eigenvalue weighted by molar-refractivity contribution is 0.410. The van der Waals surface area contributed by atoms with Gasteiger partial charge in [-0.15, -0.1) is 0 Å². The summed E-state index contributed by atoms with van der Waals surface area (Å²) in [6.07, 6.45) is 4.60. The summed E-state index contributed by atoms with van der Waals surface area (Å²) in [6, 6.07) is 10.3. The summed E-state index contributed by atoms with van der Waals surface area (Å²) < 4.78 is 5.31. The lowest BCUT2D eigenvalue weighted by Gasteiger charge is -2.09. The molecule has 0 unspecified atom stereocenters. The van der Waals surface area contributed by atoms with Crippen LogP contribution in [-0.2, 0) is 6.42 Å². The monoisotopic (exact) mass is 213 g/mol. The van der Waals surface area contributed by atoms with E-state index in [1.807, 2.05) is 30.6 Å². The number of benzene rings is 1. The zero-order chi connectivity index (χ0) is 11.4. The summed E-state index contributed by atoms with van der Waals surface area (Å²) in [5, 5.41) is 0. The topological polar surface area (TPSA) is 22.1 Å². The highest BCUT2D eigenvalue weighted by Gasteiger charge is 2.03. The number of hydrogen-bond donors (Lipinski definition) is 0. The Morgan fingerprint density at radius 2 is 1.81 bits per heavy atom. The molecule has 0 saturated carbocycles. The van der Waals surface area contributed by atoms with E-state index in [0.29, 0.717) is 0 Å². The van der Waals surface area contributed by atoms with Crippen LogP contribution in [0.3, 0.4) is 0 Å². The zero-order valence-corrected chi connectivity index (χ0v) is 9.60. The molecule has 0 radical (unpaired) electrons. The molecule has 82 valence electrons. The molecule has 2 nitrogen and oxygen atoms in total. The zero-order valence-electron chi connectivity index (χ0n) is 9.60. The molecule has 0 aliphatic heterocycles. The Morgan fingerprint density at radius 3 is 2.44 bits per heavy atom. The quantitative estimate of drug-likeness (QED) is 0.780. The van der Waals surface area contributed by atoms with Crippen LogP contribution in [0.5, 0.6) is 5.75 Å². The molecule has 16 heavy (non-hydrogen) atoms. The van der Waals surface area contributed by atoms with Gasteiger partial charge in [-0.25, -0.2) is 0 Å². The number of ether oxygens (including phenoxy) is 1. The Bertz CT molecular complexity index is 465. The van der Waals surface area contributed by atoms with Crippen LogP contribution in [-0.4, -0.2) is 12.1 Å². The molecule has 2 heteroatoms. The molecule has 0 aliphatic carbocycles. The molecule has 0 aliphatic rings. The Labute approximate surface area is 95.9 Å². The van der Waals surface area contributed by atoms with Gasteiger partial charge in [-0.2, -0.15) is 0 Å². The van der Waals surface area contributed by atoms with Gasteiger partial charge in [0, 0.05) is 12.4 Å². The summed E-state index contributed by atoms with van der Waals surface area (Å²) in [5.41, 5.74) is 3.63. The van der Waals surface area contributed by atoms with E-state index in [0.717, 1.165) is 12.2 Å². The molecule has 1 aromatic carbocycles. The predicted molar refractivity (Wildman–Crippen MR) is 65.6 cm³/mol. The summed E-state index contributed by atoms with van der Waals surface area (Å²) in [4.78, 5) is 4.02. The Kier molecular flexibility index (Phi) is 3.20. The number of aromatic nitrogens is 1. The van der Waals surface area contributed by atoms with E-state index in [-0.39, 0.29) is 0 Å². The normalized spacial score (nSPS) is 10.1. The third-order valence-electron chi connectivity index (χ3n) is 2.67. The highest BCUT2D eigenvalue weighted by atomic mass is 16.5.